The van der Waals surface area contributed by atoms with Crippen LogP contribution < -0.4 is 8.92 Å². The highest BCUT2D eigenvalue weighted by molar-refractivity contribution is 7.75. The summed E-state index contributed by atoms with van der Waals surface area (Å²) < 4.78 is 30.6. The van der Waals surface area contributed by atoms with Gasteiger partial charge in [0.1, 0.15) is 12.2 Å². The SMILES string of the molecule is CN1CCC23c4c5ccc(OS(=O)OCCC6=CCc7ccccc7C6)c4OC2C(O)C=CC3C1C5. The van der Waals surface area contributed by atoms with E-state index in [-0.39, 0.29) is 17.4 Å². The van der Waals surface area contributed by atoms with Crippen LogP contribution in [0, 0.1) is 5.92 Å². The van der Waals surface area contributed by atoms with Crippen molar-refractivity contribution in [3.63, 3.8) is 0 Å². The molecule has 7 rings (SSSR count). The lowest BCUT2D eigenvalue weighted by Crippen LogP contribution is -2.64. The number of fused-ring (bicyclic) bond motifs is 1. The lowest BCUT2D eigenvalue weighted by atomic mass is 9.53. The van der Waals surface area contributed by atoms with Gasteiger partial charge < -0.3 is 18.9 Å². The Kier molecular flexibility index (Phi) is 5.40. The summed E-state index contributed by atoms with van der Waals surface area (Å²) >= 11 is -1.94. The molecule has 2 heterocycles. The van der Waals surface area contributed by atoms with E-state index in [9.17, 15) is 9.32 Å². The van der Waals surface area contributed by atoms with Gasteiger partial charge in [0.05, 0.1) is 6.61 Å². The van der Waals surface area contributed by atoms with Gasteiger partial charge in [-0.3, -0.25) is 4.18 Å². The quantitative estimate of drug-likeness (QED) is 0.606. The molecule has 3 aliphatic carbocycles. The molecule has 7 heteroatoms. The van der Waals surface area contributed by atoms with Crippen LogP contribution in [0.15, 0.2) is 60.2 Å². The van der Waals surface area contributed by atoms with Crippen molar-refractivity contribution >= 4 is 11.4 Å². The third-order valence-corrected chi connectivity index (χ3v) is 9.72. The smallest absolute Gasteiger partial charge is 0.360 e. The Morgan fingerprint density at radius 3 is 2.92 bits per heavy atom. The minimum Gasteiger partial charge on any atom is -0.482 e. The maximum Gasteiger partial charge on any atom is 0.360 e. The van der Waals surface area contributed by atoms with E-state index in [0.29, 0.717) is 24.1 Å². The van der Waals surface area contributed by atoms with E-state index in [2.05, 4.69) is 54.4 Å². The number of likely N-dealkylation sites (tertiary alicyclic amines) is 1. The van der Waals surface area contributed by atoms with Crippen LogP contribution in [0.3, 0.4) is 0 Å². The molecule has 6 unspecified atom stereocenters. The van der Waals surface area contributed by atoms with E-state index in [1.807, 2.05) is 12.1 Å². The molecule has 2 aliphatic heterocycles. The van der Waals surface area contributed by atoms with Crippen LogP contribution in [-0.4, -0.2) is 52.7 Å². The summed E-state index contributed by atoms with van der Waals surface area (Å²) in [5, 5.41) is 10.9. The lowest BCUT2D eigenvalue weighted by molar-refractivity contribution is -0.0452. The number of hydrogen-bond donors (Lipinski definition) is 1. The number of nitrogens with zero attached hydrogens (tertiary/aromatic N) is 1. The standard InChI is InChI=1S/C29H31NO5S/c1-30-14-13-29-22-9-10-24(31)28(29)34-27-25(11-8-21(26(27)29)17-23(22)30)35-36(32)33-15-12-18-6-7-19-4-2-3-5-20(19)16-18/h2-6,8-11,22-24,28,31H,7,12-17H2,1H3. The Hall–Kier alpha value is -2.45. The van der Waals surface area contributed by atoms with Crippen LogP contribution in [0.1, 0.15) is 35.1 Å². The Morgan fingerprint density at radius 2 is 2.03 bits per heavy atom. The zero-order valence-corrected chi connectivity index (χ0v) is 21.2. The fourth-order valence-corrected chi connectivity index (χ4v) is 7.87. The first-order valence-electron chi connectivity index (χ1n) is 12.9. The van der Waals surface area contributed by atoms with Crippen molar-refractivity contribution in [1.82, 2.24) is 4.90 Å². The molecule has 0 amide bonds. The predicted octanol–water partition coefficient (Wildman–Crippen LogP) is 3.58. The highest BCUT2D eigenvalue weighted by Gasteiger charge is 2.64. The molecule has 0 radical (unpaired) electrons. The first-order chi connectivity index (χ1) is 17.5. The number of piperidine rings is 1. The van der Waals surface area contributed by atoms with Crippen LogP contribution in [0.25, 0.3) is 0 Å². The van der Waals surface area contributed by atoms with E-state index < -0.39 is 17.5 Å². The number of rotatable bonds is 6. The van der Waals surface area contributed by atoms with Crippen LogP contribution in [0.4, 0.5) is 0 Å². The number of ether oxygens (including phenoxy) is 1. The average molecular weight is 506 g/mol. The molecule has 1 saturated heterocycles. The molecule has 6 nitrogen and oxygen atoms in total. The fraction of sp³-hybridized carbons (Fsp3) is 0.448. The number of likely N-dealkylation sites (N-methyl/N-ethyl adjacent to an activating group) is 1. The first-order valence-corrected chi connectivity index (χ1v) is 13.9. The van der Waals surface area contributed by atoms with Gasteiger partial charge in [0.25, 0.3) is 0 Å². The summed E-state index contributed by atoms with van der Waals surface area (Å²) in [5.74, 6) is 1.35. The number of aliphatic hydroxyl groups is 1. The lowest BCUT2D eigenvalue weighted by Gasteiger charge is -2.56. The first kappa shape index (κ1) is 22.7. The second-order valence-electron chi connectivity index (χ2n) is 10.8. The largest absolute Gasteiger partial charge is 0.482 e. The molecule has 36 heavy (non-hydrogen) atoms. The molecular formula is C29H31NO5S. The maximum absolute atomic E-state index is 12.8. The van der Waals surface area contributed by atoms with Crippen LogP contribution in [0.5, 0.6) is 11.5 Å². The van der Waals surface area contributed by atoms with Gasteiger partial charge in [-0.25, -0.2) is 0 Å². The highest BCUT2D eigenvalue weighted by Crippen LogP contribution is 2.62. The van der Waals surface area contributed by atoms with Gasteiger partial charge >= 0.3 is 11.4 Å². The number of benzene rings is 2. The summed E-state index contributed by atoms with van der Waals surface area (Å²) in [4.78, 5) is 2.43. The molecule has 2 aromatic carbocycles. The minimum absolute atomic E-state index is 0.264. The molecule has 2 aromatic rings. The molecule has 5 aliphatic rings. The van der Waals surface area contributed by atoms with Crippen molar-refractivity contribution < 1.29 is 22.4 Å². The third kappa shape index (κ3) is 3.36. The summed E-state index contributed by atoms with van der Waals surface area (Å²) in [7, 11) is 2.19. The Balaban J connectivity index is 1.08. The second-order valence-corrected chi connectivity index (χ2v) is 11.6. The topological polar surface area (TPSA) is 68.2 Å². The van der Waals surface area contributed by atoms with E-state index in [1.165, 1.54) is 22.3 Å². The van der Waals surface area contributed by atoms with Crippen molar-refractivity contribution in [2.24, 2.45) is 5.92 Å². The summed E-state index contributed by atoms with van der Waals surface area (Å²) in [6.45, 7) is 1.29. The van der Waals surface area contributed by atoms with Gasteiger partial charge in [-0.05, 0) is 68.5 Å². The summed E-state index contributed by atoms with van der Waals surface area (Å²) in [6.07, 6.45) is 9.71. The molecule has 1 fully saturated rings. The third-order valence-electron chi connectivity index (χ3n) is 9.04. The van der Waals surface area contributed by atoms with E-state index in [0.717, 1.165) is 44.2 Å². The molecule has 2 bridgehead atoms. The second kappa shape index (κ2) is 8.55. The maximum atomic E-state index is 12.8. The van der Waals surface area contributed by atoms with Crippen molar-refractivity contribution in [3.05, 3.63) is 82.5 Å². The Morgan fingerprint density at radius 1 is 1.17 bits per heavy atom. The molecular weight excluding hydrogens is 474 g/mol. The molecule has 188 valence electrons. The molecule has 0 aromatic heterocycles. The zero-order valence-electron chi connectivity index (χ0n) is 20.4. The average Bonchev–Trinajstić information content (AvgIpc) is 3.24. The van der Waals surface area contributed by atoms with Gasteiger partial charge in [-0.2, -0.15) is 4.21 Å². The van der Waals surface area contributed by atoms with E-state index in [4.69, 9.17) is 13.1 Å². The molecule has 1 N–H and O–H groups in total. The number of hydrogen-bond acceptors (Lipinski definition) is 6. The molecule has 6 atom stereocenters. The van der Waals surface area contributed by atoms with Crippen molar-refractivity contribution in [1.29, 1.82) is 0 Å². The zero-order chi connectivity index (χ0) is 24.4. The van der Waals surface area contributed by atoms with Gasteiger partial charge in [0.15, 0.2) is 11.5 Å². The van der Waals surface area contributed by atoms with Gasteiger partial charge in [0, 0.05) is 22.9 Å². The van der Waals surface area contributed by atoms with Crippen molar-refractivity contribution in [2.45, 2.75) is 55.8 Å². The van der Waals surface area contributed by atoms with Gasteiger partial charge in [-0.1, -0.05) is 54.1 Å². The number of aliphatic hydroxyl groups excluding tert-OH is 1. The minimum atomic E-state index is -1.94. The van der Waals surface area contributed by atoms with Crippen LogP contribution in [0.2, 0.25) is 0 Å². The van der Waals surface area contributed by atoms with Crippen molar-refractivity contribution in [3.8, 4) is 11.5 Å². The summed E-state index contributed by atoms with van der Waals surface area (Å²) in [6, 6.07) is 12.8. The molecule has 0 saturated carbocycles. The monoisotopic (exact) mass is 505 g/mol. The number of allylic oxidation sites excluding steroid dienone is 1. The van der Waals surface area contributed by atoms with E-state index in [1.54, 1.807) is 0 Å². The van der Waals surface area contributed by atoms with E-state index >= 15 is 0 Å². The Labute approximate surface area is 214 Å². The predicted molar refractivity (Wildman–Crippen MR) is 137 cm³/mol. The van der Waals surface area contributed by atoms with Crippen molar-refractivity contribution in [2.75, 3.05) is 20.2 Å². The highest BCUT2D eigenvalue weighted by atomic mass is 32.2. The van der Waals surface area contributed by atoms with Gasteiger partial charge in [-0.15, -0.1) is 0 Å². The molecule has 1 spiro atoms. The van der Waals surface area contributed by atoms with Crippen LogP contribution >= 0.6 is 0 Å². The van der Waals surface area contributed by atoms with Crippen LogP contribution in [-0.2, 0) is 40.2 Å². The van der Waals surface area contributed by atoms with Gasteiger partial charge in [0.2, 0.25) is 0 Å². The fourth-order valence-electron chi connectivity index (χ4n) is 7.32. The Bertz CT molecular complexity index is 1300. The normalized spacial score (nSPS) is 32.2. The summed E-state index contributed by atoms with van der Waals surface area (Å²) in [5.41, 5.74) is 6.15.